The van der Waals surface area contributed by atoms with Gasteiger partial charge in [-0.15, -0.1) is 0 Å². The highest BCUT2D eigenvalue weighted by molar-refractivity contribution is 6.08. The van der Waals surface area contributed by atoms with E-state index in [4.69, 9.17) is 0 Å². The number of urea groups is 1. The minimum Gasteiger partial charge on any atom is -0.481 e. The van der Waals surface area contributed by atoms with Crippen molar-refractivity contribution in [3.05, 3.63) is 126 Å². The van der Waals surface area contributed by atoms with Gasteiger partial charge in [0.25, 0.3) is 5.91 Å². The Labute approximate surface area is 350 Å². The summed E-state index contributed by atoms with van der Waals surface area (Å²) in [7, 11) is 0. The molecule has 11 heteroatoms. The molecule has 0 saturated heterocycles. The zero-order chi connectivity index (χ0) is 42.4. The molecule has 1 atom stereocenters. The van der Waals surface area contributed by atoms with Crippen molar-refractivity contribution in [3.63, 3.8) is 0 Å². The number of anilines is 3. The number of rotatable bonds is 14. The van der Waals surface area contributed by atoms with Crippen molar-refractivity contribution < 1.29 is 24.3 Å². The molecule has 1 saturated carbocycles. The van der Waals surface area contributed by atoms with Crippen LogP contribution in [0.1, 0.15) is 83.4 Å². The lowest BCUT2D eigenvalue weighted by Gasteiger charge is -2.37. The summed E-state index contributed by atoms with van der Waals surface area (Å²) in [5, 5.41) is 22.1. The normalized spacial score (nSPS) is 15.9. The number of Topliss-reactive ketones (excluding diaryl/α,β-unsaturated/α-hetero) is 1. The van der Waals surface area contributed by atoms with Crippen molar-refractivity contribution >= 4 is 40.8 Å². The summed E-state index contributed by atoms with van der Waals surface area (Å²) in [6.07, 6.45) is 5.37. The summed E-state index contributed by atoms with van der Waals surface area (Å²) in [5.74, 6) is -1.40. The molecule has 1 aliphatic carbocycles. The highest BCUT2D eigenvalue weighted by Crippen LogP contribution is 2.37. The van der Waals surface area contributed by atoms with Gasteiger partial charge in [0.15, 0.2) is 5.78 Å². The first-order valence-corrected chi connectivity index (χ1v) is 20.8. The number of carbonyl (C=O) groups excluding carboxylic acids is 3. The Bertz CT molecular complexity index is 1950. The predicted molar refractivity (Wildman–Crippen MR) is 237 cm³/mol. The summed E-state index contributed by atoms with van der Waals surface area (Å²) >= 11 is 0. The molecule has 0 bridgehead atoms. The predicted octanol–water partition coefficient (Wildman–Crippen LogP) is 7.91. The molecule has 0 spiro atoms. The number of carboxylic acid groups (broad SMARTS) is 1. The smallest absolute Gasteiger partial charge is 0.319 e. The van der Waals surface area contributed by atoms with Gasteiger partial charge in [-0.25, -0.2) is 4.79 Å². The van der Waals surface area contributed by atoms with Gasteiger partial charge in [-0.2, -0.15) is 0 Å². The minimum atomic E-state index is -1.14. The van der Waals surface area contributed by atoms with Crippen molar-refractivity contribution in [2.24, 2.45) is 5.41 Å². The van der Waals surface area contributed by atoms with Gasteiger partial charge in [-0.1, -0.05) is 125 Å². The number of nitrogens with one attached hydrogen (secondary N) is 4. The number of nitrogens with zero attached hydrogens (tertiary/aromatic N) is 2. The van der Waals surface area contributed by atoms with E-state index in [1.807, 2.05) is 57.2 Å². The Balaban J connectivity index is 0.000000305. The van der Waals surface area contributed by atoms with Crippen LogP contribution in [0.3, 0.4) is 0 Å². The first-order chi connectivity index (χ1) is 28.2. The van der Waals surface area contributed by atoms with E-state index in [1.165, 1.54) is 22.4 Å². The molecule has 0 aromatic heterocycles. The van der Waals surface area contributed by atoms with E-state index in [-0.39, 0.29) is 30.8 Å². The molecule has 0 unspecified atom stereocenters. The van der Waals surface area contributed by atoms with E-state index in [2.05, 4.69) is 74.7 Å². The summed E-state index contributed by atoms with van der Waals surface area (Å²) in [5.41, 5.74) is 3.41. The van der Waals surface area contributed by atoms with E-state index in [0.717, 1.165) is 57.5 Å². The Morgan fingerprint density at radius 1 is 0.712 bits per heavy atom. The van der Waals surface area contributed by atoms with Gasteiger partial charge in [-0.05, 0) is 67.6 Å². The molecule has 11 nitrogen and oxygen atoms in total. The molecule has 1 aliphatic heterocycles. The van der Waals surface area contributed by atoms with Crippen molar-refractivity contribution in [1.29, 1.82) is 0 Å². The summed E-state index contributed by atoms with van der Waals surface area (Å²) < 4.78 is 0. The third kappa shape index (κ3) is 12.7. The second-order valence-corrected chi connectivity index (χ2v) is 17.0. The van der Waals surface area contributed by atoms with Gasteiger partial charge in [0.05, 0.1) is 23.3 Å². The number of hydrogen-bond acceptors (Lipinski definition) is 7. The number of aliphatic carboxylic acids is 1. The standard InChI is InChI=1S/C32H42N4O5.C16H20N2/c1-31(2,3)27(37)20-36-26-17-10-9-16-25(26)35(23-14-7-6-8-15-23)19-24(28(36)38)34-30(41)33-22-13-11-12-21(18-22)32(4,5)29(39)40;1-3-7-15(8-4-1)13-17-11-12-18-14-16-9-5-2-6-10-16/h9-13,16-18,23-24H,6-8,14-15,19-20H2,1-5H3,(H,39,40)(H2,33,34,41);1-10,17-18H,11-14H2/t24-;/m1./s1. The van der Waals surface area contributed by atoms with Crippen LogP contribution in [0.2, 0.25) is 0 Å². The fourth-order valence-corrected chi connectivity index (χ4v) is 7.27. The lowest BCUT2D eigenvalue weighted by molar-refractivity contribution is -0.142. The molecule has 1 fully saturated rings. The van der Waals surface area contributed by atoms with E-state index < -0.39 is 28.9 Å². The van der Waals surface area contributed by atoms with Crippen LogP contribution in [0, 0.1) is 5.41 Å². The molecule has 3 amide bonds. The number of ketones is 1. The number of carboxylic acids is 1. The summed E-state index contributed by atoms with van der Waals surface area (Å²) in [6.45, 7) is 12.7. The molecule has 4 aromatic rings. The Morgan fingerprint density at radius 2 is 1.27 bits per heavy atom. The first kappa shape index (κ1) is 44.6. The summed E-state index contributed by atoms with van der Waals surface area (Å²) in [6, 6.07) is 34.1. The second-order valence-electron chi connectivity index (χ2n) is 17.0. The van der Waals surface area contributed by atoms with Crippen molar-refractivity contribution in [3.8, 4) is 0 Å². The SMILES string of the molecule is CC(C)(C)C(=O)CN1C(=O)[C@H](NC(=O)Nc2cccc(C(C)(C)C(=O)O)c2)CN(C2CCCCC2)c2ccccc21.c1ccc(CNCCNCc2ccccc2)cc1. The van der Waals surface area contributed by atoms with Crippen molar-refractivity contribution in [1.82, 2.24) is 16.0 Å². The van der Waals surface area contributed by atoms with Crippen LogP contribution in [-0.4, -0.2) is 67.1 Å². The van der Waals surface area contributed by atoms with Crippen LogP contribution < -0.4 is 31.1 Å². The van der Waals surface area contributed by atoms with Gasteiger partial charge in [0.2, 0.25) is 0 Å². The number of benzene rings is 4. The van der Waals surface area contributed by atoms with E-state index in [0.29, 0.717) is 16.9 Å². The fraction of sp³-hybridized carbons (Fsp3) is 0.417. The molecule has 59 heavy (non-hydrogen) atoms. The molecular formula is C48H62N6O5. The van der Waals surface area contributed by atoms with Gasteiger partial charge < -0.3 is 36.2 Å². The lowest BCUT2D eigenvalue weighted by Crippen LogP contribution is -2.55. The highest BCUT2D eigenvalue weighted by Gasteiger charge is 2.39. The van der Waals surface area contributed by atoms with Crippen molar-refractivity contribution in [2.75, 3.05) is 41.3 Å². The second kappa shape index (κ2) is 20.9. The Kier molecular flexibility index (Phi) is 15.8. The molecule has 314 valence electrons. The minimum absolute atomic E-state index is 0.0761. The van der Waals surface area contributed by atoms with Crippen LogP contribution in [0.25, 0.3) is 0 Å². The molecular weight excluding hydrogens is 741 g/mol. The third-order valence-corrected chi connectivity index (χ3v) is 11.1. The van der Waals surface area contributed by atoms with Gasteiger partial charge in [0.1, 0.15) is 6.04 Å². The first-order valence-electron chi connectivity index (χ1n) is 20.8. The number of amides is 3. The summed E-state index contributed by atoms with van der Waals surface area (Å²) in [4.78, 5) is 56.0. The Hall–Kier alpha value is -5.52. The maximum Gasteiger partial charge on any atom is 0.319 e. The molecule has 6 rings (SSSR count). The number of para-hydroxylation sites is 2. The maximum absolute atomic E-state index is 14.1. The number of hydrogen-bond donors (Lipinski definition) is 5. The number of fused-ring (bicyclic) bond motifs is 1. The van der Waals surface area contributed by atoms with Crippen LogP contribution in [0.4, 0.5) is 21.9 Å². The van der Waals surface area contributed by atoms with E-state index in [1.54, 1.807) is 38.1 Å². The quantitative estimate of drug-likeness (QED) is 0.0811. The molecule has 2 aliphatic rings. The van der Waals surface area contributed by atoms with Crippen molar-refractivity contribution in [2.45, 2.75) is 97.3 Å². The van der Waals surface area contributed by atoms with Crippen LogP contribution in [0.5, 0.6) is 0 Å². The average Bonchev–Trinajstić information content (AvgIpc) is 3.34. The largest absolute Gasteiger partial charge is 0.481 e. The van der Waals surface area contributed by atoms with Crippen LogP contribution in [-0.2, 0) is 32.9 Å². The van der Waals surface area contributed by atoms with Crippen LogP contribution >= 0.6 is 0 Å². The van der Waals surface area contributed by atoms with Gasteiger partial charge in [0, 0.05) is 49.9 Å². The van der Waals surface area contributed by atoms with E-state index >= 15 is 0 Å². The van der Waals surface area contributed by atoms with Gasteiger partial charge in [-0.3, -0.25) is 14.4 Å². The third-order valence-electron chi connectivity index (χ3n) is 11.1. The van der Waals surface area contributed by atoms with E-state index in [9.17, 15) is 24.3 Å². The molecule has 5 N–H and O–H groups in total. The lowest BCUT2D eigenvalue weighted by atomic mass is 9.84. The fourth-order valence-electron chi connectivity index (χ4n) is 7.27. The zero-order valence-electron chi connectivity index (χ0n) is 35.3. The van der Waals surface area contributed by atoms with Crippen LogP contribution in [0.15, 0.2) is 109 Å². The molecule has 0 radical (unpaired) electrons. The highest BCUT2D eigenvalue weighted by atomic mass is 16.4. The maximum atomic E-state index is 14.1. The topological polar surface area (TPSA) is 143 Å². The van der Waals surface area contributed by atoms with Gasteiger partial charge >= 0.3 is 12.0 Å². The number of carbonyl (C=O) groups is 4. The zero-order valence-corrected chi connectivity index (χ0v) is 35.3. The average molecular weight is 803 g/mol. The molecule has 4 aromatic carbocycles. The molecule has 1 heterocycles. The monoisotopic (exact) mass is 802 g/mol. The Morgan fingerprint density at radius 3 is 1.83 bits per heavy atom.